The first-order valence-electron chi connectivity index (χ1n) is 6.35. The molecule has 106 valence electrons. The van der Waals surface area contributed by atoms with Gasteiger partial charge in [0.25, 0.3) is 0 Å². The van der Waals surface area contributed by atoms with Crippen molar-refractivity contribution in [3.05, 3.63) is 28.8 Å². The fraction of sp³-hybridized carbons (Fsp3) is 0.533. The maximum atomic E-state index is 12.2. The van der Waals surface area contributed by atoms with Crippen LogP contribution in [0, 0.1) is 13.8 Å². The molecule has 0 fully saturated rings. The molecule has 0 amide bonds. The highest BCUT2D eigenvalue weighted by Crippen LogP contribution is 2.25. The van der Waals surface area contributed by atoms with Gasteiger partial charge in [-0.2, -0.15) is 0 Å². The van der Waals surface area contributed by atoms with Gasteiger partial charge >= 0.3 is 0 Å². The van der Waals surface area contributed by atoms with Crippen molar-refractivity contribution in [1.29, 1.82) is 0 Å². The number of aryl methyl sites for hydroxylation is 2. The molecule has 4 heteroatoms. The molecular weight excluding hydrogens is 244 g/mol. The van der Waals surface area contributed by atoms with Gasteiger partial charge in [-0.3, -0.25) is 4.79 Å². The van der Waals surface area contributed by atoms with E-state index in [1.54, 1.807) is 14.2 Å². The second kappa shape index (κ2) is 7.92. The Bertz CT molecular complexity index is 426. The minimum atomic E-state index is 0.0479. The van der Waals surface area contributed by atoms with Gasteiger partial charge in [0.1, 0.15) is 5.75 Å². The van der Waals surface area contributed by atoms with Crippen LogP contribution in [0.3, 0.4) is 0 Å². The molecule has 0 bridgehead atoms. The predicted octanol–water partition coefficient (Wildman–Crippen LogP) is 2.55. The number of Topliss-reactive ketones (excluding diaryl/α,β-unsaturated/α-hetero) is 1. The zero-order chi connectivity index (χ0) is 14.3. The van der Waals surface area contributed by atoms with Gasteiger partial charge < -0.3 is 14.2 Å². The number of ether oxygens (including phenoxy) is 3. The summed E-state index contributed by atoms with van der Waals surface area (Å²) in [5.41, 5.74) is 2.68. The molecule has 0 N–H and O–H groups in total. The first-order valence-corrected chi connectivity index (χ1v) is 6.35. The van der Waals surface area contributed by atoms with Gasteiger partial charge in [0.15, 0.2) is 5.78 Å². The van der Waals surface area contributed by atoms with E-state index in [1.807, 2.05) is 26.0 Å². The molecule has 0 unspecified atom stereocenters. The molecule has 0 atom stereocenters. The maximum Gasteiger partial charge on any atom is 0.169 e. The van der Waals surface area contributed by atoms with Gasteiger partial charge in [0.2, 0.25) is 0 Å². The molecule has 0 aliphatic rings. The molecule has 0 heterocycles. The summed E-state index contributed by atoms with van der Waals surface area (Å²) in [5.74, 6) is 0.686. The molecule has 1 rings (SSSR count). The van der Waals surface area contributed by atoms with Gasteiger partial charge in [-0.15, -0.1) is 0 Å². The van der Waals surface area contributed by atoms with Crippen LogP contribution in [0.4, 0.5) is 0 Å². The number of carbonyl (C=O) groups excluding carboxylic acids is 1. The van der Waals surface area contributed by atoms with Crippen molar-refractivity contribution in [3.8, 4) is 5.75 Å². The van der Waals surface area contributed by atoms with Crippen LogP contribution in [-0.4, -0.2) is 39.8 Å². The second-order valence-corrected chi connectivity index (χ2v) is 4.44. The van der Waals surface area contributed by atoms with E-state index in [0.29, 0.717) is 37.6 Å². The van der Waals surface area contributed by atoms with E-state index in [2.05, 4.69) is 0 Å². The molecule has 1 aromatic carbocycles. The zero-order valence-electron chi connectivity index (χ0n) is 12.1. The summed E-state index contributed by atoms with van der Waals surface area (Å²) in [4.78, 5) is 12.2. The highest BCUT2D eigenvalue weighted by molar-refractivity contribution is 6.00. The summed E-state index contributed by atoms with van der Waals surface area (Å²) < 4.78 is 15.5. The third-order valence-corrected chi connectivity index (χ3v) is 2.85. The number of carbonyl (C=O) groups is 1. The van der Waals surface area contributed by atoms with Crippen LogP contribution in [0.2, 0.25) is 0 Å². The molecular formula is C15H22O4. The molecule has 0 radical (unpaired) electrons. The number of benzene rings is 1. The van der Waals surface area contributed by atoms with Crippen molar-refractivity contribution in [1.82, 2.24) is 0 Å². The summed E-state index contributed by atoms with van der Waals surface area (Å²) in [6, 6.07) is 3.87. The van der Waals surface area contributed by atoms with E-state index in [9.17, 15) is 4.79 Å². The lowest BCUT2D eigenvalue weighted by Gasteiger charge is -2.12. The van der Waals surface area contributed by atoms with Crippen molar-refractivity contribution in [3.63, 3.8) is 0 Å². The normalized spacial score (nSPS) is 10.5. The van der Waals surface area contributed by atoms with Gasteiger partial charge in [-0.25, -0.2) is 0 Å². The largest absolute Gasteiger partial charge is 0.496 e. The van der Waals surface area contributed by atoms with E-state index in [-0.39, 0.29) is 5.78 Å². The van der Waals surface area contributed by atoms with Crippen LogP contribution in [0.5, 0.6) is 5.75 Å². The Hall–Kier alpha value is -1.39. The van der Waals surface area contributed by atoms with E-state index in [0.717, 1.165) is 11.1 Å². The highest BCUT2D eigenvalue weighted by Gasteiger charge is 2.15. The predicted molar refractivity (Wildman–Crippen MR) is 74.1 cm³/mol. The second-order valence-electron chi connectivity index (χ2n) is 4.44. The first-order chi connectivity index (χ1) is 9.10. The standard InChI is InChI=1S/C15H22O4/c1-11-9-12(2)15(14(10-11)18-4)13(16)5-6-19-8-7-17-3/h9-10H,5-8H2,1-4H3. The minimum absolute atomic E-state index is 0.0479. The summed E-state index contributed by atoms with van der Waals surface area (Å²) in [7, 11) is 3.20. The molecule has 0 aliphatic carbocycles. The molecule has 4 nitrogen and oxygen atoms in total. The van der Waals surface area contributed by atoms with Gasteiger partial charge in [-0.05, 0) is 31.0 Å². The lowest BCUT2D eigenvalue weighted by atomic mass is 9.99. The third kappa shape index (κ3) is 4.65. The Morgan fingerprint density at radius 3 is 2.47 bits per heavy atom. The molecule has 1 aromatic rings. The SMILES string of the molecule is COCCOCCC(=O)c1c(C)cc(C)cc1OC. The molecule has 19 heavy (non-hydrogen) atoms. The number of methoxy groups -OCH3 is 2. The average molecular weight is 266 g/mol. The molecule has 0 aliphatic heterocycles. The van der Waals surface area contributed by atoms with E-state index in [4.69, 9.17) is 14.2 Å². The van der Waals surface area contributed by atoms with Crippen LogP contribution in [-0.2, 0) is 9.47 Å². The quantitative estimate of drug-likeness (QED) is 0.536. The van der Waals surface area contributed by atoms with E-state index in [1.165, 1.54) is 0 Å². The van der Waals surface area contributed by atoms with Crippen LogP contribution in [0.15, 0.2) is 12.1 Å². The summed E-state index contributed by atoms with van der Waals surface area (Å²) in [6.07, 6.45) is 0.351. The Morgan fingerprint density at radius 1 is 1.11 bits per heavy atom. The lowest BCUT2D eigenvalue weighted by molar-refractivity contribution is 0.0640. The lowest BCUT2D eigenvalue weighted by Crippen LogP contribution is -2.10. The van der Waals surface area contributed by atoms with Crippen molar-refractivity contribution in [2.24, 2.45) is 0 Å². The van der Waals surface area contributed by atoms with Crippen LogP contribution < -0.4 is 4.74 Å². The van der Waals surface area contributed by atoms with Gasteiger partial charge in [-0.1, -0.05) is 6.07 Å². The number of rotatable bonds is 8. The topological polar surface area (TPSA) is 44.8 Å². The minimum Gasteiger partial charge on any atom is -0.496 e. The average Bonchev–Trinajstić information content (AvgIpc) is 2.37. The molecule has 0 saturated heterocycles. The van der Waals surface area contributed by atoms with Crippen molar-refractivity contribution < 1.29 is 19.0 Å². The summed E-state index contributed by atoms with van der Waals surface area (Å²) in [6.45, 7) is 5.36. The van der Waals surface area contributed by atoms with Gasteiger partial charge in [0.05, 0.1) is 32.5 Å². The van der Waals surface area contributed by atoms with Crippen LogP contribution in [0.1, 0.15) is 27.9 Å². The van der Waals surface area contributed by atoms with E-state index < -0.39 is 0 Å². The molecule has 0 spiro atoms. The smallest absolute Gasteiger partial charge is 0.169 e. The maximum absolute atomic E-state index is 12.2. The Labute approximate surface area is 114 Å². The fourth-order valence-corrected chi connectivity index (χ4v) is 1.98. The van der Waals surface area contributed by atoms with E-state index >= 15 is 0 Å². The Morgan fingerprint density at radius 2 is 1.84 bits per heavy atom. The first kappa shape index (κ1) is 15.7. The van der Waals surface area contributed by atoms with Crippen LogP contribution in [0.25, 0.3) is 0 Å². The molecule has 0 aromatic heterocycles. The van der Waals surface area contributed by atoms with Crippen LogP contribution >= 0.6 is 0 Å². The highest BCUT2D eigenvalue weighted by atomic mass is 16.5. The zero-order valence-corrected chi connectivity index (χ0v) is 12.1. The fourth-order valence-electron chi connectivity index (χ4n) is 1.98. The summed E-state index contributed by atoms with van der Waals surface area (Å²) >= 11 is 0. The Kier molecular flexibility index (Phi) is 6.53. The summed E-state index contributed by atoms with van der Waals surface area (Å²) in [5, 5.41) is 0. The monoisotopic (exact) mass is 266 g/mol. The number of hydrogen-bond acceptors (Lipinski definition) is 4. The van der Waals surface area contributed by atoms with Crippen molar-refractivity contribution in [2.45, 2.75) is 20.3 Å². The Balaban J connectivity index is 2.66. The van der Waals surface area contributed by atoms with Crippen molar-refractivity contribution >= 4 is 5.78 Å². The number of ketones is 1. The molecule has 0 saturated carbocycles. The third-order valence-electron chi connectivity index (χ3n) is 2.85. The number of hydrogen-bond donors (Lipinski definition) is 0. The van der Waals surface area contributed by atoms with Crippen molar-refractivity contribution in [2.75, 3.05) is 34.0 Å². The van der Waals surface area contributed by atoms with Gasteiger partial charge in [0, 0.05) is 13.5 Å².